The molecule has 2 fully saturated rings. The van der Waals surface area contributed by atoms with Gasteiger partial charge in [-0.25, -0.2) is 0 Å². The molecule has 1 aromatic rings. The van der Waals surface area contributed by atoms with Crippen molar-refractivity contribution in [2.45, 2.75) is 43.8 Å². The van der Waals surface area contributed by atoms with Crippen LogP contribution in [0.5, 0.6) is 5.75 Å². The molecule has 2 saturated heterocycles. The van der Waals surface area contributed by atoms with Gasteiger partial charge < -0.3 is 14.2 Å². The quantitative estimate of drug-likeness (QED) is 0.788. The van der Waals surface area contributed by atoms with Gasteiger partial charge in [-0.15, -0.1) is 0 Å². The summed E-state index contributed by atoms with van der Waals surface area (Å²) in [6.45, 7) is 5.71. The maximum atomic E-state index is 13.1. The number of rotatable bonds is 2. The minimum absolute atomic E-state index is 0.131. The second-order valence-corrected chi connectivity index (χ2v) is 7.14. The third kappa shape index (κ3) is 1.74. The Labute approximate surface area is 130 Å². The molecular formula is C18H22O4. The molecule has 1 aliphatic carbocycles. The van der Waals surface area contributed by atoms with E-state index in [0.717, 1.165) is 36.3 Å². The van der Waals surface area contributed by atoms with Crippen LogP contribution < -0.4 is 4.74 Å². The van der Waals surface area contributed by atoms with Gasteiger partial charge in [0.2, 0.25) is 0 Å². The largest absolute Gasteiger partial charge is 0.497 e. The van der Waals surface area contributed by atoms with Gasteiger partial charge in [-0.3, -0.25) is 4.79 Å². The lowest BCUT2D eigenvalue weighted by Crippen LogP contribution is -2.41. The van der Waals surface area contributed by atoms with Crippen LogP contribution in [0.25, 0.3) is 0 Å². The Hall–Kier alpha value is -1.39. The standard InChI is InChI=1S/C18H22O4/c1-17(2)13-10-11(20-3)4-5-12(13)15(19)16(17)18-7-9-21-8-6-14(18)22-18/h4-5,10,14,16H,6-9H2,1-3H3. The highest BCUT2D eigenvalue weighted by Gasteiger charge is 2.68. The maximum Gasteiger partial charge on any atom is 0.170 e. The zero-order chi connectivity index (χ0) is 15.5. The summed E-state index contributed by atoms with van der Waals surface area (Å²) in [4.78, 5) is 13.1. The molecule has 118 valence electrons. The van der Waals surface area contributed by atoms with Crippen LogP contribution in [0.15, 0.2) is 18.2 Å². The Morgan fingerprint density at radius 1 is 1.27 bits per heavy atom. The summed E-state index contributed by atoms with van der Waals surface area (Å²) < 4.78 is 17.0. The highest BCUT2D eigenvalue weighted by Crippen LogP contribution is 2.59. The predicted molar refractivity (Wildman–Crippen MR) is 81.5 cm³/mol. The number of carbonyl (C=O) groups is 1. The second kappa shape index (κ2) is 4.56. The smallest absolute Gasteiger partial charge is 0.170 e. The summed E-state index contributed by atoms with van der Waals surface area (Å²) in [6.07, 6.45) is 1.86. The highest BCUT2D eigenvalue weighted by atomic mass is 16.6. The number of methoxy groups -OCH3 is 1. The minimum atomic E-state index is -0.330. The van der Waals surface area contributed by atoms with Crippen LogP contribution >= 0.6 is 0 Å². The molecule has 0 aromatic heterocycles. The molecule has 4 heteroatoms. The van der Waals surface area contributed by atoms with E-state index in [1.165, 1.54) is 0 Å². The van der Waals surface area contributed by atoms with E-state index in [0.29, 0.717) is 6.61 Å². The van der Waals surface area contributed by atoms with E-state index in [-0.39, 0.29) is 28.8 Å². The molecule has 0 bridgehead atoms. The summed E-state index contributed by atoms with van der Waals surface area (Å²) in [6, 6.07) is 5.78. The van der Waals surface area contributed by atoms with E-state index >= 15 is 0 Å². The number of Topliss-reactive ketones (excluding diaryl/α,β-unsaturated/α-hetero) is 1. The van der Waals surface area contributed by atoms with Gasteiger partial charge in [0.25, 0.3) is 0 Å². The Morgan fingerprint density at radius 2 is 2.09 bits per heavy atom. The Balaban J connectivity index is 1.78. The first-order valence-electron chi connectivity index (χ1n) is 7.99. The number of hydrogen-bond acceptors (Lipinski definition) is 4. The van der Waals surface area contributed by atoms with Crippen molar-refractivity contribution in [1.82, 2.24) is 0 Å². The summed E-state index contributed by atoms with van der Waals surface area (Å²) >= 11 is 0. The van der Waals surface area contributed by atoms with Gasteiger partial charge in [0.15, 0.2) is 5.78 Å². The molecule has 4 rings (SSSR count). The molecule has 2 heterocycles. The summed E-state index contributed by atoms with van der Waals surface area (Å²) in [7, 11) is 1.66. The number of ether oxygens (including phenoxy) is 3. The molecule has 1 aromatic carbocycles. The van der Waals surface area contributed by atoms with Gasteiger partial charge >= 0.3 is 0 Å². The average Bonchev–Trinajstić information content (AvgIpc) is 3.16. The summed E-state index contributed by atoms with van der Waals surface area (Å²) in [5.74, 6) is 0.885. The fraction of sp³-hybridized carbons (Fsp3) is 0.611. The Kier molecular flexibility index (Phi) is 2.94. The van der Waals surface area contributed by atoms with Crippen molar-refractivity contribution in [1.29, 1.82) is 0 Å². The topological polar surface area (TPSA) is 48.1 Å². The van der Waals surface area contributed by atoms with Crippen LogP contribution in [-0.4, -0.2) is 37.8 Å². The number of hydrogen-bond donors (Lipinski definition) is 0. The van der Waals surface area contributed by atoms with Gasteiger partial charge in [-0.1, -0.05) is 13.8 Å². The van der Waals surface area contributed by atoms with E-state index in [1.54, 1.807) is 7.11 Å². The summed E-state index contributed by atoms with van der Waals surface area (Å²) in [5.41, 5.74) is 1.32. The maximum absolute atomic E-state index is 13.1. The molecule has 0 radical (unpaired) electrons. The van der Waals surface area contributed by atoms with E-state index in [4.69, 9.17) is 14.2 Å². The van der Waals surface area contributed by atoms with Crippen molar-refractivity contribution in [3.05, 3.63) is 29.3 Å². The number of epoxide rings is 1. The third-order valence-corrected chi connectivity index (χ3v) is 5.67. The molecule has 4 nitrogen and oxygen atoms in total. The zero-order valence-corrected chi connectivity index (χ0v) is 13.3. The molecule has 3 atom stereocenters. The lowest BCUT2D eigenvalue weighted by atomic mass is 9.69. The first-order valence-corrected chi connectivity index (χ1v) is 7.99. The highest BCUT2D eigenvalue weighted by molar-refractivity contribution is 6.05. The van der Waals surface area contributed by atoms with E-state index < -0.39 is 0 Å². The fourth-order valence-corrected chi connectivity index (χ4v) is 4.55. The molecule has 3 unspecified atom stereocenters. The van der Waals surface area contributed by atoms with Crippen molar-refractivity contribution < 1.29 is 19.0 Å². The van der Waals surface area contributed by atoms with E-state index in [1.807, 2.05) is 18.2 Å². The Morgan fingerprint density at radius 3 is 2.86 bits per heavy atom. The molecular weight excluding hydrogens is 280 g/mol. The van der Waals surface area contributed by atoms with Crippen molar-refractivity contribution in [3.63, 3.8) is 0 Å². The van der Waals surface area contributed by atoms with Crippen molar-refractivity contribution >= 4 is 5.78 Å². The first kappa shape index (κ1) is 14.2. The van der Waals surface area contributed by atoms with Gasteiger partial charge in [-0.05, 0) is 30.2 Å². The van der Waals surface area contributed by atoms with Gasteiger partial charge in [0, 0.05) is 30.6 Å². The molecule has 2 aliphatic heterocycles. The van der Waals surface area contributed by atoms with E-state index in [2.05, 4.69) is 13.8 Å². The van der Waals surface area contributed by atoms with Crippen LogP contribution in [0.3, 0.4) is 0 Å². The number of carbonyl (C=O) groups excluding carboxylic acids is 1. The van der Waals surface area contributed by atoms with Crippen LogP contribution in [-0.2, 0) is 14.9 Å². The molecule has 0 spiro atoms. The van der Waals surface area contributed by atoms with Crippen LogP contribution in [0, 0.1) is 5.92 Å². The van der Waals surface area contributed by atoms with Gasteiger partial charge in [-0.2, -0.15) is 0 Å². The monoisotopic (exact) mass is 302 g/mol. The molecule has 22 heavy (non-hydrogen) atoms. The number of ketones is 1. The fourth-order valence-electron chi connectivity index (χ4n) is 4.55. The lowest BCUT2D eigenvalue weighted by molar-refractivity contribution is 0.0625. The SMILES string of the molecule is COc1ccc2c(c1)C(C)(C)C(C13CCOCCC1O3)C2=O. The minimum Gasteiger partial charge on any atom is -0.497 e. The van der Waals surface area contributed by atoms with Crippen LogP contribution in [0.4, 0.5) is 0 Å². The molecule has 0 N–H and O–H groups in total. The van der Waals surface area contributed by atoms with Gasteiger partial charge in [0.1, 0.15) is 11.4 Å². The molecule has 3 aliphatic rings. The van der Waals surface area contributed by atoms with Crippen LogP contribution in [0.2, 0.25) is 0 Å². The van der Waals surface area contributed by atoms with E-state index in [9.17, 15) is 4.79 Å². The van der Waals surface area contributed by atoms with Crippen molar-refractivity contribution in [3.8, 4) is 5.75 Å². The second-order valence-electron chi connectivity index (χ2n) is 7.14. The first-order chi connectivity index (χ1) is 10.5. The lowest BCUT2D eigenvalue weighted by Gasteiger charge is -2.32. The van der Waals surface area contributed by atoms with Crippen molar-refractivity contribution in [2.75, 3.05) is 20.3 Å². The Bertz CT molecular complexity index is 636. The molecule has 0 saturated carbocycles. The number of fused-ring (bicyclic) bond motifs is 2. The third-order valence-electron chi connectivity index (χ3n) is 5.67. The molecule has 0 amide bonds. The summed E-state index contributed by atoms with van der Waals surface area (Å²) in [5, 5.41) is 0. The normalized spacial score (nSPS) is 35.5. The van der Waals surface area contributed by atoms with Crippen LogP contribution in [0.1, 0.15) is 42.6 Å². The number of benzene rings is 1. The average molecular weight is 302 g/mol. The van der Waals surface area contributed by atoms with Crippen molar-refractivity contribution in [2.24, 2.45) is 5.92 Å². The zero-order valence-electron chi connectivity index (χ0n) is 13.3. The predicted octanol–water partition coefficient (Wildman–Crippen LogP) is 2.73. The van der Waals surface area contributed by atoms with Gasteiger partial charge in [0.05, 0.1) is 19.1 Å².